The molecule has 0 amide bonds. The Balaban J connectivity index is 2.04. The highest BCUT2D eigenvalue weighted by molar-refractivity contribution is 6.36. The number of anilines is 1. The minimum atomic E-state index is -0.248. The van der Waals surface area contributed by atoms with E-state index < -0.39 is 0 Å². The number of ether oxygens (including phenoxy) is 1. The van der Waals surface area contributed by atoms with E-state index >= 15 is 0 Å². The molecule has 3 aromatic rings. The van der Waals surface area contributed by atoms with Gasteiger partial charge in [0.2, 0.25) is 0 Å². The van der Waals surface area contributed by atoms with Crippen molar-refractivity contribution in [2.45, 2.75) is 26.3 Å². The van der Waals surface area contributed by atoms with E-state index in [-0.39, 0.29) is 18.6 Å². The van der Waals surface area contributed by atoms with Gasteiger partial charge in [0.05, 0.1) is 17.8 Å². The molecule has 2 aromatic heterocycles. The van der Waals surface area contributed by atoms with Crippen LogP contribution in [0.3, 0.4) is 0 Å². The van der Waals surface area contributed by atoms with E-state index in [1.165, 1.54) is 0 Å². The van der Waals surface area contributed by atoms with E-state index in [0.29, 0.717) is 33.6 Å². The van der Waals surface area contributed by atoms with Crippen LogP contribution < -0.4 is 5.32 Å². The SMILES string of the molecule is CCC(=O)OCC(C)Nc1c(-c2ccccc2Cl)c(Cl)nc2ccnn12. The second-order valence-corrected chi connectivity index (χ2v) is 6.55. The molecule has 2 heterocycles. The lowest BCUT2D eigenvalue weighted by Gasteiger charge is -2.20. The largest absolute Gasteiger partial charge is 0.464 e. The number of hydrogen-bond acceptors (Lipinski definition) is 5. The molecular weight excluding hydrogens is 375 g/mol. The predicted octanol–water partition coefficient (Wildman–Crippen LogP) is 4.46. The van der Waals surface area contributed by atoms with E-state index in [2.05, 4.69) is 15.4 Å². The van der Waals surface area contributed by atoms with E-state index in [9.17, 15) is 4.79 Å². The number of halogens is 2. The molecule has 0 fully saturated rings. The van der Waals surface area contributed by atoms with Crippen LogP contribution in [0.1, 0.15) is 20.3 Å². The van der Waals surface area contributed by atoms with E-state index in [1.54, 1.807) is 29.8 Å². The molecule has 1 unspecified atom stereocenters. The summed E-state index contributed by atoms with van der Waals surface area (Å²) in [5.41, 5.74) is 1.98. The molecule has 0 aliphatic rings. The molecule has 6 nitrogen and oxygen atoms in total. The molecule has 0 aliphatic carbocycles. The summed E-state index contributed by atoms with van der Waals surface area (Å²) in [6.07, 6.45) is 1.98. The van der Waals surface area contributed by atoms with Crippen molar-refractivity contribution in [3.63, 3.8) is 0 Å². The molecule has 8 heteroatoms. The fourth-order valence-electron chi connectivity index (χ4n) is 2.54. The quantitative estimate of drug-likeness (QED) is 0.495. The first kappa shape index (κ1) is 18.5. The van der Waals surface area contributed by atoms with Gasteiger partial charge < -0.3 is 10.1 Å². The van der Waals surface area contributed by atoms with Gasteiger partial charge in [-0.15, -0.1) is 0 Å². The normalized spacial score (nSPS) is 12.2. The zero-order valence-corrected chi connectivity index (χ0v) is 15.9. The van der Waals surface area contributed by atoms with Crippen LogP contribution in [0.2, 0.25) is 10.2 Å². The molecule has 1 atom stereocenters. The highest BCUT2D eigenvalue weighted by Crippen LogP contribution is 2.38. The molecule has 136 valence electrons. The molecule has 1 aromatic carbocycles. The number of nitrogens with zero attached hydrogens (tertiary/aromatic N) is 3. The zero-order chi connectivity index (χ0) is 18.7. The van der Waals surface area contributed by atoms with Gasteiger partial charge in [0.1, 0.15) is 17.6 Å². The molecule has 3 rings (SSSR count). The fourth-order valence-corrected chi connectivity index (χ4v) is 3.05. The maximum atomic E-state index is 11.4. The van der Waals surface area contributed by atoms with Crippen LogP contribution in [0.25, 0.3) is 16.8 Å². The summed E-state index contributed by atoms with van der Waals surface area (Å²) in [7, 11) is 0. The summed E-state index contributed by atoms with van der Waals surface area (Å²) < 4.78 is 6.87. The summed E-state index contributed by atoms with van der Waals surface area (Å²) in [6, 6.07) is 8.97. The highest BCUT2D eigenvalue weighted by Gasteiger charge is 2.20. The van der Waals surface area contributed by atoms with Crippen molar-refractivity contribution < 1.29 is 9.53 Å². The van der Waals surface area contributed by atoms with Crippen LogP contribution in [-0.2, 0) is 9.53 Å². The number of esters is 1. The van der Waals surface area contributed by atoms with Crippen molar-refractivity contribution in [1.82, 2.24) is 14.6 Å². The summed E-state index contributed by atoms with van der Waals surface area (Å²) in [5, 5.41) is 8.51. The topological polar surface area (TPSA) is 68.5 Å². The average Bonchev–Trinajstić information content (AvgIpc) is 3.09. The molecule has 1 N–H and O–H groups in total. The number of fused-ring (bicyclic) bond motifs is 1. The van der Waals surface area contributed by atoms with Crippen molar-refractivity contribution in [2.24, 2.45) is 0 Å². The minimum absolute atomic E-state index is 0.169. The third-order valence-corrected chi connectivity index (χ3v) is 4.40. The first-order valence-electron chi connectivity index (χ1n) is 8.21. The summed E-state index contributed by atoms with van der Waals surface area (Å²) in [4.78, 5) is 15.8. The summed E-state index contributed by atoms with van der Waals surface area (Å²) >= 11 is 12.8. The summed E-state index contributed by atoms with van der Waals surface area (Å²) in [6.45, 7) is 3.88. The molecule has 0 saturated heterocycles. The van der Waals surface area contributed by atoms with E-state index in [4.69, 9.17) is 27.9 Å². The number of hydrogen-bond donors (Lipinski definition) is 1. The predicted molar refractivity (Wildman–Crippen MR) is 103 cm³/mol. The molecule has 0 saturated carbocycles. The number of aromatic nitrogens is 3. The van der Waals surface area contributed by atoms with Crippen LogP contribution in [0.4, 0.5) is 5.82 Å². The Hall–Kier alpha value is -2.31. The average molecular weight is 393 g/mol. The van der Waals surface area contributed by atoms with Gasteiger partial charge in [0.15, 0.2) is 5.65 Å². The Morgan fingerprint density at radius 2 is 2.08 bits per heavy atom. The molecule has 0 spiro atoms. The first-order valence-corrected chi connectivity index (χ1v) is 8.97. The number of carbonyl (C=O) groups excluding carboxylic acids is 1. The fraction of sp³-hybridized carbons (Fsp3) is 0.278. The lowest BCUT2D eigenvalue weighted by molar-refractivity contribution is -0.143. The maximum Gasteiger partial charge on any atom is 0.305 e. The third-order valence-electron chi connectivity index (χ3n) is 3.80. The maximum absolute atomic E-state index is 11.4. The van der Waals surface area contributed by atoms with Crippen LogP contribution in [0.15, 0.2) is 36.5 Å². The molecule has 0 aliphatic heterocycles. The smallest absolute Gasteiger partial charge is 0.305 e. The van der Waals surface area contributed by atoms with Crippen molar-refractivity contribution in [1.29, 1.82) is 0 Å². The van der Waals surface area contributed by atoms with Gasteiger partial charge in [-0.25, -0.2) is 4.98 Å². The first-order chi connectivity index (χ1) is 12.5. The standard InChI is InChI=1S/C18H18Cl2N4O2/c1-3-15(25)26-10-11(2)22-18-16(12-6-4-5-7-13(12)19)17(20)23-14-8-9-21-24(14)18/h4-9,11,22H,3,10H2,1-2H3. The Kier molecular flexibility index (Phi) is 5.64. The molecule has 26 heavy (non-hydrogen) atoms. The van der Waals surface area contributed by atoms with Gasteiger partial charge in [-0.3, -0.25) is 4.79 Å². The van der Waals surface area contributed by atoms with E-state index in [0.717, 1.165) is 5.56 Å². The van der Waals surface area contributed by atoms with Gasteiger partial charge in [-0.1, -0.05) is 48.3 Å². The Bertz CT molecular complexity index is 942. The monoisotopic (exact) mass is 392 g/mol. The van der Waals surface area contributed by atoms with Crippen molar-refractivity contribution in [2.75, 3.05) is 11.9 Å². The van der Waals surface area contributed by atoms with Gasteiger partial charge >= 0.3 is 5.97 Å². The molecule has 0 radical (unpaired) electrons. The number of nitrogens with one attached hydrogen (secondary N) is 1. The van der Waals surface area contributed by atoms with Crippen LogP contribution >= 0.6 is 23.2 Å². The number of carbonyl (C=O) groups is 1. The summed E-state index contributed by atoms with van der Waals surface area (Å²) in [5.74, 6) is 0.389. The van der Waals surface area contributed by atoms with Gasteiger partial charge in [-0.2, -0.15) is 9.61 Å². The van der Waals surface area contributed by atoms with Crippen molar-refractivity contribution >= 4 is 40.6 Å². The third kappa shape index (κ3) is 3.76. The van der Waals surface area contributed by atoms with Crippen LogP contribution in [-0.4, -0.2) is 33.2 Å². The van der Waals surface area contributed by atoms with Gasteiger partial charge in [0, 0.05) is 23.1 Å². The lowest BCUT2D eigenvalue weighted by Crippen LogP contribution is -2.25. The van der Waals surface area contributed by atoms with Crippen LogP contribution in [0.5, 0.6) is 0 Å². The number of benzene rings is 1. The second-order valence-electron chi connectivity index (χ2n) is 5.79. The second kappa shape index (κ2) is 7.93. The minimum Gasteiger partial charge on any atom is -0.464 e. The van der Waals surface area contributed by atoms with Gasteiger partial charge in [0.25, 0.3) is 0 Å². The lowest BCUT2D eigenvalue weighted by atomic mass is 10.1. The Labute approximate surface area is 161 Å². The number of rotatable bonds is 6. The van der Waals surface area contributed by atoms with E-state index in [1.807, 2.05) is 25.1 Å². The molecular formula is C18H18Cl2N4O2. The van der Waals surface area contributed by atoms with Crippen molar-refractivity contribution in [3.8, 4) is 11.1 Å². The zero-order valence-electron chi connectivity index (χ0n) is 14.4. The Morgan fingerprint density at radius 1 is 1.31 bits per heavy atom. The van der Waals surface area contributed by atoms with Crippen molar-refractivity contribution in [3.05, 3.63) is 46.7 Å². The highest BCUT2D eigenvalue weighted by atomic mass is 35.5. The molecule has 0 bridgehead atoms. The van der Waals surface area contributed by atoms with Crippen LogP contribution in [0, 0.1) is 0 Å². The Morgan fingerprint density at radius 3 is 2.81 bits per heavy atom. The van der Waals surface area contributed by atoms with Gasteiger partial charge in [-0.05, 0) is 13.0 Å².